The summed E-state index contributed by atoms with van der Waals surface area (Å²) >= 11 is 0. The number of aryl methyl sites for hydroxylation is 2. The molecule has 2 aliphatic rings. The number of ether oxygens (including phenoxy) is 1. The van der Waals surface area contributed by atoms with Crippen molar-refractivity contribution in [1.82, 2.24) is 0 Å². The van der Waals surface area contributed by atoms with Gasteiger partial charge in [-0.05, 0) is 55.7 Å². The molecule has 104 valence electrons. The SMILES string of the molecule is CC1OC(C)C(C(O)c2ccc3c(c2)CCC3)C1C. The van der Waals surface area contributed by atoms with Crippen molar-refractivity contribution in [2.45, 2.75) is 58.3 Å². The Kier molecular flexibility index (Phi) is 3.40. The van der Waals surface area contributed by atoms with Gasteiger partial charge >= 0.3 is 0 Å². The Balaban J connectivity index is 1.85. The Bertz CT molecular complexity index is 468. The van der Waals surface area contributed by atoms with E-state index in [1.54, 1.807) is 0 Å². The average Bonchev–Trinajstić information content (AvgIpc) is 2.94. The molecule has 1 N–H and O–H groups in total. The molecule has 2 heteroatoms. The summed E-state index contributed by atoms with van der Waals surface area (Å²) in [6.07, 6.45) is 3.59. The van der Waals surface area contributed by atoms with Gasteiger partial charge in [-0.2, -0.15) is 0 Å². The Hall–Kier alpha value is -0.860. The van der Waals surface area contributed by atoms with E-state index in [2.05, 4.69) is 39.0 Å². The van der Waals surface area contributed by atoms with Crippen LogP contribution in [0.3, 0.4) is 0 Å². The van der Waals surface area contributed by atoms with Crippen LogP contribution in [0.5, 0.6) is 0 Å². The van der Waals surface area contributed by atoms with Gasteiger partial charge in [0, 0.05) is 5.92 Å². The molecule has 5 atom stereocenters. The molecule has 1 aromatic carbocycles. The first-order chi connectivity index (χ1) is 9.08. The molecule has 1 aliphatic heterocycles. The maximum Gasteiger partial charge on any atom is 0.0846 e. The summed E-state index contributed by atoms with van der Waals surface area (Å²) in [5.74, 6) is 0.604. The van der Waals surface area contributed by atoms with Gasteiger partial charge in [-0.25, -0.2) is 0 Å². The summed E-state index contributed by atoms with van der Waals surface area (Å²) < 4.78 is 5.86. The molecule has 1 aromatic rings. The summed E-state index contributed by atoms with van der Waals surface area (Å²) in [5, 5.41) is 10.7. The second kappa shape index (κ2) is 4.92. The second-order valence-corrected chi connectivity index (χ2v) is 6.31. The van der Waals surface area contributed by atoms with Gasteiger partial charge < -0.3 is 9.84 Å². The zero-order chi connectivity index (χ0) is 13.6. The third-order valence-electron chi connectivity index (χ3n) is 5.15. The molecule has 0 saturated carbocycles. The fourth-order valence-corrected chi connectivity index (χ4v) is 3.84. The minimum Gasteiger partial charge on any atom is -0.388 e. The van der Waals surface area contributed by atoms with Gasteiger partial charge in [0.15, 0.2) is 0 Å². The number of aliphatic hydroxyl groups is 1. The third kappa shape index (κ3) is 2.21. The van der Waals surface area contributed by atoms with E-state index in [9.17, 15) is 5.11 Å². The Morgan fingerprint density at radius 1 is 1.11 bits per heavy atom. The lowest BCUT2D eigenvalue weighted by Crippen LogP contribution is -2.25. The number of hydrogen-bond acceptors (Lipinski definition) is 2. The van der Waals surface area contributed by atoms with Crippen molar-refractivity contribution in [3.05, 3.63) is 34.9 Å². The summed E-state index contributed by atoms with van der Waals surface area (Å²) in [7, 11) is 0. The quantitative estimate of drug-likeness (QED) is 0.884. The molecule has 0 spiro atoms. The van der Waals surface area contributed by atoms with Crippen molar-refractivity contribution in [3.8, 4) is 0 Å². The van der Waals surface area contributed by atoms with Crippen LogP contribution in [0.1, 0.15) is 50.0 Å². The Labute approximate surface area is 115 Å². The Morgan fingerprint density at radius 2 is 1.84 bits per heavy atom. The molecule has 5 unspecified atom stereocenters. The lowest BCUT2D eigenvalue weighted by Gasteiger charge is -2.25. The van der Waals surface area contributed by atoms with Crippen molar-refractivity contribution >= 4 is 0 Å². The van der Waals surface area contributed by atoms with Crippen LogP contribution in [0.2, 0.25) is 0 Å². The minimum atomic E-state index is -0.402. The number of benzene rings is 1. The molecule has 3 rings (SSSR count). The molecular weight excluding hydrogens is 236 g/mol. The van der Waals surface area contributed by atoms with Crippen molar-refractivity contribution in [2.75, 3.05) is 0 Å². The molecule has 0 bridgehead atoms. The first kappa shape index (κ1) is 13.1. The zero-order valence-electron chi connectivity index (χ0n) is 12.1. The first-order valence-electron chi connectivity index (χ1n) is 7.53. The van der Waals surface area contributed by atoms with Crippen molar-refractivity contribution in [1.29, 1.82) is 0 Å². The van der Waals surface area contributed by atoms with Crippen LogP contribution in [0.4, 0.5) is 0 Å². The highest BCUT2D eigenvalue weighted by Gasteiger charge is 2.41. The number of aliphatic hydroxyl groups excluding tert-OH is 1. The van der Waals surface area contributed by atoms with Gasteiger partial charge in [0.1, 0.15) is 0 Å². The van der Waals surface area contributed by atoms with E-state index in [4.69, 9.17) is 4.74 Å². The maximum absolute atomic E-state index is 10.7. The largest absolute Gasteiger partial charge is 0.388 e. The maximum atomic E-state index is 10.7. The number of hydrogen-bond donors (Lipinski definition) is 1. The van der Waals surface area contributed by atoms with Gasteiger partial charge in [-0.15, -0.1) is 0 Å². The molecular formula is C17H24O2. The van der Waals surface area contributed by atoms with E-state index in [1.165, 1.54) is 30.4 Å². The molecule has 0 amide bonds. The monoisotopic (exact) mass is 260 g/mol. The average molecular weight is 260 g/mol. The fourth-order valence-electron chi connectivity index (χ4n) is 3.84. The van der Waals surface area contributed by atoms with E-state index >= 15 is 0 Å². The van der Waals surface area contributed by atoms with E-state index in [0.29, 0.717) is 5.92 Å². The highest BCUT2D eigenvalue weighted by Crippen LogP contribution is 2.41. The highest BCUT2D eigenvalue weighted by atomic mass is 16.5. The number of fused-ring (bicyclic) bond motifs is 1. The van der Waals surface area contributed by atoms with Gasteiger partial charge in [0.2, 0.25) is 0 Å². The Morgan fingerprint density at radius 3 is 2.53 bits per heavy atom. The van der Waals surface area contributed by atoms with E-state index in [0.717, 1.165) is 5.56 Å². The summed E-state index contributed by atoms with van der Waals surface area (Å²) in [6.45, 7) is 6.38. The zero-order valence-corrected chi connectivity index (χ0v) is 12.1. The fraction of sp³-hybridized carbons (Fsp3) is 0.647. The molecule has 19 heavy (non-hydrogen) atoms. The summed E-state index contributed by atoms with van der Waals surface area (Å²) in [6, 6.07) is 6.53. The van der Waals surface area contributed by atoms with Gasteiger partial charge in [-0.3, -0.25) is 0 Å². The van der Waals surface area contributed by atoms with Crippen LogP contribution >= 0.6 is 0 Å². The second-order valence-electron chi connectivity index (χ2n) is 6.31. The van der Waals surface area contributed by atoms with Crippen LogP contribution in [-0.4, -0.2) is 17.3 Å². The predicted molar refractivity (Wildman–Crippen MR) is 76.1 cm³/mol. The van der Waals surface area contributed by atoms with Crippen LogP contribution in [0, 0.1) is 11.8 Å². The smallest absolute Gasteiger partial charge is 0.0846 e. The number of rotatable bonds is 2. The van der Waals surface area contributed by atoms with Crippen LogP contribution in [0.15, 0.2) is 18.2 Å². The lowest BCUT2D eigenvalue weighted by atomic mass is 9.82. The van der Waals surface area contributed by atoms with Crippen LogP contribution in [0.25, 0.3) is 0 Å². The molecule has 0 aromatic heterocycles. The summed E-state index contributed by atoms with van der Waals surface area (Å²) in [5.41, 5.74) is 3.97. The molecule has 1 aliphatic carbocycles. The first-order valence-corrected chi connectivity index (χ1v) is 7.53. The van der Waals surface area contributed by atoms with Crippen molar-refractivity contribution < 1.29 is 9.84 Å². The molecule has 0 radical (unpaired) electrons. The molecule has 1 fully saturated rings. The standard InChI is InChI=1S/C17H24O2/c1-10-11(2)19-12(3)16(10)17(18)15-8-7-13-5-4-6-14(13)9-15/h7-12,16-18H,4-6H2,1-3H3. The van der Waals surface area contributed by atoms with Gasteiger partial charge in [0.05, 0.1) is 18.3 Å². The van der Waals surface area contributed by atoms with Crippen molar-refractivity contribution in [3.63, 3.8) is 0 Å². The van der Waals surface area contributed by atoms with Crippen LogP contribution in [-0.2, 0) is 17.6 Å². The van der Waals surface area contributed by atoms with E-state index < -0.39 is 6.10 Å². The van der Waals surface area contributed by atoms with E-state index in [-0.39, 0.29) is 18.1 Å². The minimum absolute atomic E-state index is 0.133. The van der Waals surface area contributed by atoms with E-state index in [1.807, 2.05) is 0 Å². The highest BCUT2D eigenvalue weighted by molar-refractivity contribution is 5.36. The molecule has 1 heterocycles. The lowest BCUT2D eigenvalue weighted by molar-refractivity contribution is 0.0231. The predicted octanol–water partition coefficient (Wildman–Crippen LogP) is 3.27. The topological polar surface area (TPSA) is 29.5 Å². The molecule has 2 nitrogen and oxygen atoms in total. The van der Waals surface area contributed by atoms with Gasteiger partial charge in [-0.1, -0.05) is 25.1 Å². The summed E-state index contributed by atoms with van der Waals surface area (Å²) in [4.78, 5) is 0. The third-order valence-corrected chi connectivity index (χ3v) is 5.15. The van der Waals surface area contributed by atoms with Crippen molar-refractivity contribution in [2.24, 2.45) is 11.8 Å². The van der Waals surface area contributed by atoms with Gasteiger partial charge in [0.25, 0.3) is 0 Å². The normalized spacial score (nSPS) is 35.4. The molecule has 1 saturated heterocycles. The van der Waals surface area contributed by atoms with Crippen LogP contribution < -0.4 is 0 Å².